The SMILES string of the molecule is Cc1nn(-c2ccccc2)c(C)c1C(=O)C(=O)Nc1ccc(C(=O)c2nccn2C)cc1. The van der Waals surface area contributed by atoms with E-state index >= 15 is 0 Å². The van der Waals surface area contributed by atoms with Crippen LogP contribution in [-0.2, 0) is 11.8 Å². The van der Waals surface area contributed by atoms with Gasteiger partial charge in [-0.3, -0.25) is 14.4 Å². The Hall–Kier alpha value is -4.33. The number of hydrogen-bond acceptors (Lipinski definition) is 5. The minimum atomic E-state index is -0.771. The van der Waals surface area contributed by atoms with E-state index in [-0.39, 0.29) is 11.3 Å². The van der Waals surface area contributed by atoms with Crippen LogP contribution in [0.25, 0.3) is 5.69 Å². The van der Waals surface area contributed by atoms with E-state index in [9.17, 15) is 14.4 Å². The molecule has 0 fully saturated rings. The van der Waals surface area contributed by atoms with Crippen molar-refractivity contribution in [3.05, 3.63) is 95.3 Å². The van der Waals surface area contributed by atoms with Crippen molar-refractivity contribution in [2.45, 2.75) is 13.8 Å². The highest BCUT2D eigenvalue weighted by atomic mass is 16.2. The molecule has 2 aromatic heterocycles. The standard InChI is InChI=1S/C24H21N5O3/c1-15-20(16(2)29(27-15)19-7-5-4-6-8-19)22(31)24(32)26-18-11-9-17(10-12-18)21(30)23-25-13-14-28(23)3/h4-14H,1-3H3,(H,26,32). The van der Waals surface area contributed by atoms with Gasteiger partial charge in [-0.1, -0.05) is 18.2 Å². The molecule has 0 atom stereocenters. The summed E-state index contributed by atoms with van der Waals surface area (Å²) in [7, 11) is 1.74. The van der Waals surface area contributed by atoms with Crippen molar-refractivity contribution in [1.82, 2.24) is 19.3 Å². The first-order chi connectivity index (χ1) is 15.4. The fourth-order valence-corrected chi connectivity index (χ4v) is 3.51. The number of para-hydroxylation sites is 1. The van der Waals surface area contributed by atoms with Gasteiger partial charge in [0.05, 0.1) is 22.6 Å². The van der Waals surface area contributed by atoms with Gasteiger partial charge in [0.2, 0.25) is 5.78 Å². The Morgan fingerprint density at radius 3 is 2.25 bits per heavy atom. The van der Waals surface area contributed by atoms with Crippen molar-refractivity contribution in [1.29, 1.82) is 0 Å². The number of anilines is 1. The van der Waals surface area contributed by atoms with E-state index in [2.05, 4.69) is 15.4 Å². The van der Waals surface area contributed by atoms with Crippen LogP contribution in [0, 0.1) is 13.8 Å². The van der Waals surface area contributed by atoms with Gasteiger partial charge >= 0.3 is 0 Å². The third-order valence-electron chi connectivity index (χ3n) is 5.15. The molecular weight excluding hydrogens is 406 g/mol. The number of imidazole rings is 1. The van der Waals surface area contributed by atoms with Crippen LogP contribution in [0.2, 0.25) is 0 Å². The van der Waals surface area contributed by atoms with Crippen LogP contribution in [0.5, 0.6) is 0 Å². The Labute approximate surface area is 184 Å². The molecular formula is C24H21N5O3. The molecule has 0 aliphatic heterocycles. The normalized spacial score (nSPS) is 10.7. The van der Waals surface area contributed by atoms with E-state index < -0.39 is 11.7 Å². The summed E-state index contributed by atoms with van der Waals surface area (Å²) in [4.78, 5) is 42.1. The topological polar surface area (TPSA) is 98.9 Å². The number of benzene rings is 2. The number of hydrogen-bond donors (Lipinski definition) is 1. The Balaban J connectivity index is 1.51. The quantitative estimate of drug-likeness (QED) is 0.376. The van der Waals surface area contributed by atoms with Gasteiger partial charge in [-0.2, -0.15) is 5.10 Å². The van der Waals surface area contributed by atoms with Crippen LogP contribution < -0.4 is 5.32 Å². The number of carbonyl (C=O) groups excluding carboxylic acids is 3. The molecule has 1 N–H and O–H groups in total. The van der Waals surface area contributed by atoms with Gasteiger partial charge in [0.15, 0.2) is 5.82 Å². The van der Waals surface area contributed by atoms with Crippen LogP contribution in [0.15, 0.2) is 67.0 Å². The zero-order valence-corrected chi connectivity index (χ0v) is 17.9. The molecule has 0 spiro atoms. The molecule has 4 rings (SSSR count). The van der Waals surface area contributed by atoms with Crippen molar-refractivity contribution >= 4 is 23.2 Å². The number of nitrogens with zero attached hydrogens (tertiary/aromatic N) is 4. The van der Waals surface area contributed by atoms with Gasteiger partial charge in [-0.15, -0.1) is 0 Å². The zero-order valence-electron chi connectivity index (χ0n) is 17.9. The molecule has 0 radical (unpaired) electrons. The second-order valence-corrected chi connectivity index (χ2v) is 7.34. The van der Waals surface area contributed by atoms with Gasteiger partial charge in [0, 0.05) is 30.7 Å². The minimum absolute atomic E-state index is 0.231. The molecule has 160 valence electrons. The Morgan fingerprint density at radius 1 is 0.938 bits per heavy atom. The molecule has 32 heavy (non-hydrogen) atoms. The van der Waals surface area contributed by atoms with E-state index in [1.165, 1.54) is 0 Å². The molecule has 2 heterocycles. The minimum Gasteiger partial charge on any atom is -0.331 e. The predicted octanol–water partition coefficient (Wildman–Crippen LogP) is 3.28. The van der Waals surface area contributed by atoms with E-state index in [1.807, 2.05) is 30.3 Å². The average molecular weight is 427 g/mol. The third kappa shape index (κ3) is 3.85. The predicted molar refractivity (Wildman–Crippen MR) is 119 cm³/mol. The summed E-state index contributed by atoms with van der Waals surface area (Å²) >= 11 is 0. The lowest BCUT2D eigenvalue weighted by Crippen LogP contribution is -2.24. The lowest BCUT2D eigenvalue weighted by Gasteiger charge is -2.07. The van der Waals surface area contributed by atoms with Crippen molar-refractivity contribution in [3.63, 3.8) is 0 Å². The summed E-state index contributed by atoms with van der Waals surface area (Å²) in [5.41, 5.74) is 2.98. The molecule has 1 amide bonds. The fourth-order valence-electron chi connectivity index (χ4n) is 3.51. The largest absolute Gasteiger partial charge is 0.331 e. The molecule has 0 saturated heterocycles. The van der Waals surface area contributed by atoms with Gasteiger partial charge in [-0.05, 0) is 50.2 Å². The number of carbonyl (C=O) groups is 3. The molecule has 0 bridgehead atoms. The molecule has 0 aliphatic carbocycles. The second-order valence-electron chi connectivity index (χ2n) is 7.34. The van der Waals surface area contributed by atoms with Gasteiger partial charge in [0.25, 0.3) is 11.7 Å². The first-order valence-corrected chi connectivity index (χ1v) is 9.96. The molecule has 0 unspecified atom stereocenters. The fraction of sp³-hybridized carbons (Fsp3) is 0.125. The van der Waals surface area contributed by atoms with Crippen molar-refractivity contribution in [2.75, 3.05) is 5.32 Å². The van der Waals surface area contributed by atoms with Crippen molar-refractivity contribution in [2.24, 2.45) is 7.05 Å². The summed E-state index contributed by atoms with van der Waals surface area (Å²) in [6.45, 7) is 3.45. The smallest absolute Gasteiger partial charge is 0.296 e. The van der Waals surface area contributed by atoms with Gasteiger partial charge < -0.3 is 9.88 Å². The number of aromatic nitrogens is 4. The highest BCUT2D eigenvalue weighted by Gasteiger charge is 2.25. The first kappa shape index (κ1) is 20.9. The number of Topliss-reactive ketones (excluding diaryl/α,β-unsaturated/α-hetero) is 1. The second kappa shape index (κ2) is 8.43. The van der Waals surface area contributed by atoms with E-state index in [4.69, 9.17) is 0 Å². The maximum atomic E-state index is 12.9. The number of aryl methyl sites for hydroxylation is 2. The number of rotatable bonds is 6. The zero-order chi connectivity index (χ0) is 22.8. The highest BCUT2D eigenvalue weighted by molar-refractivity contribution is 6.47. The summed E-state index contributed by atoms with van der Waals surface area (Å²) in [6.07, 6.45) is 3.24. The van der Waals surface area contributed by atoms with E-state index in [0.717, 1.165) is 5.69 Å². The monoisotopic (exact) mass is 427 g/mol. The van der Waals surface area contributed by atoms with Crippen molar-refractivity contribution < 1.29 is 14.4 Å². The van der Waals surface area contributed by atoms with Crippen LogP contribution in [0.3, 0.4) is 0 Å². The third-order valence-corrected chi connectivity index (χ3v) is 5.15. The summed E-state index contributed by atoms with van der Waals surface area (Å²) in [5, 5.41) is 7.02. The summed E-state index contributed by atoms with van der Waals surface area (Å²) in [5.74, 6) is -1.35. The summed E-state index contributed by atoms with van der Waals surface area (Å²) in [6, 6.07) is 15.7. The Kier molecular flexibility index (Phi) is 5.51. The van der Waals surface area contributed by atoms with Crippen LogP contribution in [0.4, 0.5) is 5.69 Å². The average Bonchev–Trinajstić information content (AvgIpc) is 3.36. The maximum absolute atomic E-state index is 12.9. The molecule has 8 heteroatoms. The van der Waals surface area contributed by atoms with Crippen LogP contribution >= 0.6 is 0 Å². The maximum Gasteiger partial charge on any atom is 0.296 e. The van der Waals surface area contributed by atoms with Crippen LogP contribution in [-0.4, -0.2) is 36.8 Å². The molecule has 0 saturated carbocycles. The molecule has 8 nitrogen and oxygen atoms in total. The Bertz CT molecular complexity index is 1320. The van der Waals surface area contributed by atoms with Crippen LogP contribution in [0.1, 0.15) is 37.9 Å². The number of amides is 1. The number of nitrogens with one attached hydrogen (secondary N) is 1. The lowest BCUT2D eigenvalue weighted by atomic mass is 10.1. The highest BCUT2D eigenvalue weighted by Crippen LogP contribution is 2.19. The first-order valence-electron chi connectivity index (χ1n) is 9.96. The van der Waals surface area contributed by atoms with Gasteiger partial charge in [0.1, 0.15) is 0 Å². The molecule has 4 aromatic rings. The summed E-state index contributed by atoms with van der Waals surface area (Å²) < 4.78 is 3.28. The number of ketones is 2. The van der Waals surface area contributed by atoms with E-state index in [1.54, 1.807) is 66.8 Å². The molecule has 2 aromatic carbocycles. The van der Waals surface area contributed by atoms with Crippen molar-refractivity contribution in [3.8, 4) is 5.69 Å². The van der Waals surface area contributed by atoms with Gasteiger partial charge in [-0.25, -0.2) is 9.67 Å². The Morgan fingerprint density at radius 2 is 1.62 bits per heavy atom. The van der Waals surface area contributed by atoms with E-state index in [0.29, 0.717) is 28.5 Å². The lowest BCUT2D eigenvalue weighted by molar-refractivity contribution is -0.112. The molecule has 0 aliphatic rings.